The molecule has 6 heteroatoms. The smallest absolute Gasteiger partial charge is 0.303 e. The maximum Gasteiger partial charge on any atom is 0.303 e. The number of hydrogen-bond acceptors (Lipinski definition) is 4. The lowest BCUT2D eigenvalue weighted by Gasteiger charge is -2.12. The number of hydrogen-bond donors (Lipinski definition) is 2. The minimum atomic E-state index is -0.990. The summed E-state index contributed by atoms with van der Waals surface area (Å²) in [5, 5.41) is 20.1. The Morgan fingerprint density at radius 3 is 1.70 bits per heavy atom. The third-order valence-electron chi connectivity index (χ3n) is 4.54. The summed E-state index contributed by atoms with van der Waals surface area (Å²) in [6.07, 6.45) is -0.243. The molecule has 0 unspecified atom stereocenters. The number of amides is 1. The van der Waals surface area contributed by atoms with Crippen LogP contribution < -0.4 is 5.32 Å². The summed E-state index contributed by atoms with van der Waals surface area (Å²) in [5.41, 5.74) is 7.50. The molecule has 142 valence electrons. The van der Waals surface area contributed by atoms with Crippen molar-refractivity contribution in [2.24, 2.45) is 10.2 Å². The van der Waals surface area contributed by atoms with E-state index in [9.17, 15) is 9.59 Å². The summed E-state index contributed by atoms with van der Waals surface area (Å²) >= 11 is 0. The first-order valence-corrected chi connectivity index (χ1v) is 8.80. The molecular formula is C21H25N3O3. The SMILES string of the molecule is Cc1cc(/N=N/c2cc(C)c(NC(=O)CCC(=O)O)c(C)c2)cc(C)c1C. The number of anilines is 1. The molecular weight excluding hydrogens is 342 g/mol. The van der Waals surface area contributed by atoms with Gasteiger partial charge in [-0.25, -0.2) is 0 Å². The number of rotatable bonds is 6. The molecule has 6 nitrogen and oxygen atoms in total. The molecule has 2 N–H and O–H groups in total. The fourth-order valence-corrected chi connectivity index (χ4v) is 2.80. The van der Waals surface area contributed by atoms with Crippen molar-refractivity contribution in [3.8, 4) is 0 Å². The van der Waals surface area contributed by atoms with Crippen molar-refractivity contribution in [2.75, 3.05) is 5.32 Å². The summed E-state index contributed by atoms with van der Waals surface area (Å²) < 4.78 is 0. The fraction of sp³-hybridized carbons (Fsp3) is 0.333. The van der Waals surface area contributed by atoms with Gasteiger partial charge in [-0.15, -0.1) is 0 Å². The summed E-state index contributed by atoms with van der Waals surface area (Å²) in [7, 11) is 0. The minimum Gasteiger partial charge on any atom is -0.481 e. The molecule has 2 aromatic carbocycles. The molecule has 0 aliphatic heterocycles. The van der Waals surface area contributed by atoms with Crippen LogP contribution in [0.4, 0.5) is 17.1 Å². The highest BCUT2D eigenvalue weighted by molar-refractivity contribution is 5.94. The van der Waals surface area contributed by atoms with Gasteiger partial charge in [0.05, 0.1) is 17.8 Å². The second-order valence-corrected chi connectivity index (χ2v) is 6.80. The number of nitrogens with zero attached hydrogens (tertiary/aromatic N) is 2. The Hall–Kier alpha value is -3.02. The molecule has 27 heavy (non-hydrogen) atoms. The van der Waals surface area contributed by atoms with E-state index in [0.717, 1.165) is 16.8 Å². The molecule has 0 spiro atoms. The number of carboxylic acids is 1. The highest BCUT2D eigenvalue weighted by atomic mass is 16.4. The van der Waals surface area contributed by atoms with E-state index in [4.69, 9.17) is 5.11 Å². The Bertz CT molecular complexity index is 871. The van der Waals surface area contributed by atoms with Crippen LogP contribution in [0.3, 0.4) is 0 Å². The van der Waals surface area contributed by atoms with E-state index >= 15 is 0 Å². The molecule has 0 atom stereocenters. The molecule has 1 amide bonds. The largest absolute Gasteiger partial charge is 0.481 e. The fourth-order valence-electron chi connectivity index (χ4n) is 2.80. The number of azo groups is 1. The summed E-state index contributed by atoms with van der Waals surface area (Å²) in [4.78, 5) is 22.5. The number of carboxylic acid groups (broad SMARTS) is 1. The summed E-state index contributed by atoms with van der Waals surface area (Å²) in [6.45, 7) is 9.94. The van der Waals surface area contributed by atoms with Gasteiger partial charge in [0.15, 0.2) is 0 Å². The van der Waals surface area contributed by atoms with E-state index in [2.05, 4.69) is 36.3 Å². The zero-order chi connectivity index (χ0) is 20.1. The molecule has 0 aliphatic carbocycles. The van der Waals surface area contributed by atoms with Crippen molar-refractivity contribution >= 4 is 28.9 Å². The molecule has 0 radical (unpaired) electrons. The van der Waals surface area contributed by atoms with Crippen LogP contribution >= 0.6 is 0 Å². The number of benzene rings is 2. The maximum absolute atomic E-state index is 11.9. The molecule has 0 saturated carbocycles. The Balaban J connectivity index is 2.18. The number of carbonyl (C=O) groups excluding carboxylic acids is 1. The van der Waals surface area contributed by atoms with Crippen molar-refractivity contribution in [1.29, 1.82) is 0 Å². The van der Waals surface area contributed by atoms with Crippen LogP contribution in [0, 0.1) is 34.6 Å². The van der Waals surface area contributed by atoms with Crippen molar-refractivity contribution < 1.29 is 14.7 Å². The van der Waals surface area contributed by atoms with Gasteiger partial charge >= 0.3 is 5.97 Å². The van der Waals surface area contributed by atoms with Crippen LogP contribution in [0.2, 0.25) is 0 Å². The topological polar surface area (TPSA) is 91.1 Å². The van der Waals surface area contributed by atoms with Gasteiger partial charge in [-0.2, -0.15) is 10.2 Å². The first kappa shape index (κ1) is 20.3. The van der Waals surface area contributed by atoms with Gasteiger partial charge < -0.3 is 10.4 Å². The monoisotopic (exact) mass is 367 g/mol. The standard InChI is InChI=1S/C21H25N3O3/c1-12-8-17(9-13(2)16(12)5)23-24-18-10-14(3)21(15(4)11-18)22-19(25)6-7-20(26)27/h8-11H,6-7H2,1-5H3,(H,22,25)(H,26,27)/b24-23+. The van der Waals surface area contributed by atoms with E-state index in [1.165, 1.54) is 16.7 Å². The normalized spacial score (nSPS) is 11.0. The lowest BCUT2D eigenvalue weighted by atomic mass is 10.0. The summed E-state index contributed by atoms with van der Waals surface area (Å²) in [6, 6.07) is 7.69. The van der Waals surface area contributed by atoms with Crippen molar-refractivity contribution in [2.45, 2.75) is 47.5 Å². The Kier molecular flexibility index (Phi) is 6.45. The van der Waals surface area contributed by atoms with Crippen LogP contribution in [-0.4, -0.2) is 17.0 Å². The quantitative estimate of drug-likeness (QED) is 0.665. The number of nitrogens with one attached hydrogen (secondary N) is 1. The van der Waals surface area contributed by atoms with Gasteiger partial charge in [-0.05, 0) is 86.7 Å². The first-order chi connectivity index (χ1) is 12.7. The summed E-state index contributed by atoms with van der Waals surface area (Å²) in [5.74, 6) is -1.31. The van der Waals surface area contributed by atoms with Gasteiger partial charge in [-0.3, -0.25) is 9.59 Å². The molecule has 0 fully saturated rings. The van der Waals surface area contributed by atoms with E-state index in [1.54, 1.807) is 0 Å². The zero-order valence-corrected chi connectivity index (χ0v) is 16.4. The van der Waals surface area contributed by atoms with Crippen molar-refractivity contribution in [3.05, 3.63) is 52.1 Å². The van der Waals surface area contributed by atoms with Crippen LogP contribution in [0.15, 0.2) is 34.5 Å². The molecule has 2 aromatic rings. The van der Waals surface area contributed by atoms with E-state index in [-0.39, 0.29) is 18.7 Å². The number of aryl methyl sites for hydroxylation is 4. The van der Waals surface area contributed by atoms with Gasteiger partial charge in [-0.1, -0.05) is 0 Å². The number of carbonyl (C=O) groups is 2. The molecule has 0 bridgehead atoms. The van der Waals surface area contributed by atoms with Gasteiger partial charge in [0.25, 0.3) is 0 Å². The van der Waals surface area contributed by atoms with E-state index in [0.29, 0.717) is 11.4 Å². The predicted molar refractivity (Wildman–Crippen MR) is 106 cm³/mol. The van der Waals surface area contributed by atoms with Crippen LogP contribution in [0.5, 0.6) is 0 Å². The highest BCUT2D eigenvalue weighted by Crippen LogP contribution is 2.29. The van der Waals surface area contributed by atoms with Gasteiger partial charge in [0, 0.05) is 12.1 Å². The lowest BCUT2D eigenvalue weighted by Crippen LogP contribution is -2.14. The molecule has 0 aromatic heterocycles. The average Bonchev–Trinajstić information content (AvgIpc) is 2.59. The second kappa shape index (κ2) is 8.58. The molecule has 0 saturated heterocycles. The molecule has 0 aliphatic rings. The molecule has 0 heterocycles. The van der Waals surface area contributed by atoms with Gasteiger partial charge in [0.2, 0.25) is 5.91 Å². The Morgan fingerprint density at radius 1 is 0.815 bits per heavy atom. The van der Waals surface area contributed by atoms with Crippen LogP contribution in [0.25, 0.3) is 0 Å². The van der Waals surface area contributed by atoms with Gasteiger partial charge in [0.1, 0.15) is 0 Å². The van der Waals surface area contributed by atoms with E-state index < -0.39 is 5.97 Å². The molecule has 2 rings (SSSR count). The lowest BCUT2D eigenvalue weighted by molar-refractivity contribution is -0.138. The second-order valence-electron chi connectivity index (χ2n) is 6.80. The van der Waals surface area contributed by atoms with Crippen LogP contribution in [0.1, 0.15) is 40.7 Å². The third kappa shape index (κ3) is 5.48. The maximum atomic E-state index is 11.9. The third-order valence-corrected chi connectivity index (χ3v) is 4.54. The minimum absolute atomic E-state index is 0.0538. The van der Waals surface area contributed by atoms with Crippen LogP contribution in [-0.2, 0) is 9.59 Å². The zero-order valence-electron chi connectivity index (χ0n) is 16.4. The number of aliphatic carboxylic acids is 1. The van der Waals surface area contributed by atoms with Crippen molar-refractivity contribution in [1.82, 2.24) is 0 Å². The first-order valence-electron chi connectivity index (χ1n) is 8.80. The highest BCUT2D eigenvalue weighted by Gasteiger charge is 2.11. The Labute approximate surface area is 159 Å². The van der Waals surface area contributed by atoms with E-state index in [1.807, 2.05) is 38.1 Å². The van der Waals surface area contributed by atoms with Crippen molar-refractivity contribution in [3.63, 3.8) is 0 Å². The average molecular weight is 367 g/mol. The predicted octanol–water partition coefficient (Wildman–Crippen LogP) is 5.45. The Morgan fingerprint density at radius 2 is 1.26 bits per heavy atom.